The number of likely N-dealkylation sites (tertiary alicyclic amines) is 1. The first kappa shape index (κ1) is 15.4. The molecule has 1 aromatic rings. The van der Waals surface area contributed by atoms with Gasteiger partial charge in [0.15, 0.2) is 0 Å². The van der Waals surface area contributed by atoms with Crippen molar-refractivity contribution >= 4 is 23.4 Å². The van der Waals surface area contributed by atoms with E-state index in [4.69, 9.17) is 0 Å². The van der Waals surface area contributed by atoms with Crippen LogP contribution < -0.4 is 4.90 Å². The Balaban J connectivity index is 1.50. The Kier molecular flexibility index (Phi) is 3.66. The number of hydrogen-bond donors (Lipinski definition) is 0. The van der Waals surface area contributed by atoms with Gasteiger partial charge in [-0.2, -0.15) is 0 Å². The molecule has 24 heavy (non-hydrogen) atoms. The summed E-state index contributed by atoms with van der Waals surface area (Å²) in [7, 11) is 0. The zero-order valence-corrected chi connectivity index (χ0v) is 13.8. The standard InChI is InChI=1S/C19H22N2O3/c22-16-12-19(9-4-1-5-10-19)18(24)21(16)13-17(23)20-11-8-14-6-2-3-7-15(14)20/h2-3,6-7H,1,4-5,8-13H2. The molecule has 1 aliphatic carbocycles. The first-order valence-electron chi connectivity index (χ1n) is 8.84. The Hall–Kier alpha value is -2.17. The van der Waals surface area contributed by atoms with E-state index in [1.54, 1.807) is 4.90 Å². The Morgan fingerprint density at radius 1 is 1.08 bits per heavy atom. The first-order chi connectivity index (χ1) is 11.6. The van der Waals surface area contributed by atoms with E-state index >= 15 is 0 Å². The monoisotopic (exact) mass is 326 g/mol. The van der Waals surface area contributed by atoms with Gasteiger partial charge in [-0.05, 0) is 30.9 Å². The van der Waals surface area contributed by atoms with E-state index in [2.05, 4.69) is 0 Å². The highest BCUT2D eigenvalue weighted by atomic mass is 16.2. The molecule has 0 aromatic heterocycles. The Morgan fingerprint density at radius 2 is 1.83 bits per heavy atom. The molecule has 126 valence electrons. The minimum Gasteiger partial charge on any atom is -0.310 e. The lowest BCUT2D eigenvalue weighted by Crippen LogP contribution is -2.44. The van der Waals surface area contributed by atoms with Crippen molar-refractivity contribution in [1.82, 2.24) is 4.90 Å². The van der Waals surface area contributed by atoms with Gasteiger partial charge < -0.3 is 4.90 Å². The lowest BCUT2D eigenvalue weighted by molar-refractivity contribution is -0.145. The molecule has 1 aromatic carbocycles. The predicted molar refractivity (Wildman–Crippen MR) is 89.4 cm³/mol. The van der Waals surface area contributed by atoms with Gasteiger partial charge in [0.1, 0.15) is 6.54 Å². The lowest BCUT2D eigenvalue weighted by atomic mass is 9.73. The summed E-state index contributed by atoms with van der Waals surface area (Å²) in [5, 5.41) is 0. The maximum atomic E-state index is 12.8. The smallest absolute Gasteiger partial charge is 0.247 e. The topological polar surface area (TPSA) is 57.7 Å². The van der Waals surface area contributed by atoms with E-state index in [-0.39, 0.29) is 30.7 Å². The second-order valence-electron chi connectivity index (χ2n) is 7.23. The number of anilines is 1. The van der Waals surface area contributed by atoms with E-state index in [0.717, 1.165) is 49.8 Å². The van der Waals surface area contributed by atoms with Crippen LogP contribution in [0.5, 0.6) is 0 Å². The highest BCUT2D eigenvalue weighted by Crippen LogP contribution is 2.45. The molecule has 0 unspecified atom stereocenters. The molecule has 5 heteroatoms. The molecule has 0 N–H and O–H groups in total. The quantitative estimate of drug-likeness (QED) is 0.784. The van der Waals surface area contributed by atoms with Gasteiger partial charge in [-0.25, -0.2) is 0 Å². The third-order valence-electron chi connectivity index (χ3n) is 5.78. The molecule has 3 aliphatic rings. The van der Waals surface area contributed by atoms with Crippen LogP contribution in [0.4, 0.5) is 5.69 Å². The molecule has 1 saturated carbocycles. The summed E-state index contributed by atoms with van der Waals surface area (Å²) in [5.41, 5.74) is 1.54. The number of fused-ring (bicyclic) bond motifs is 1. The fraction of sp³-hybridized carbons (Fsp3) is 0.526. The molecule has 1 saturated heterocycles. The second kappa shape index (κ2) is 5.72. The summed E-state index contributed by atoms with van der Waals surface area (Å²) in [6.07, 6.45) is 5.82. The number of hydrogen-bond acceptors (Lipinski definition) is 3. The number of imide groups is 1. The van der Waals surface area contributed by atoms with E-state index in [1.165, 1.54) is 4.90 Å². The maximum absolute atomic E-state index is 12.8. The van der Waals surface area contributed by atoms with Crippen LogP contribution in [0, 0.1) is 5.41 Å². The molecule has 2 aliphatic heterocycles. The number of benzene rings is 1. The Labute approximate surface area is 141 Å². The highest BCUT2D eigenvalue weighted by molar-refractivity contribution is 6.09. The van der Waals surface area contributed by atoms with Crippen LogP contribution in [0.1, 0.15) is 44.1 Å². The van der Waals surface area contributed by atoms with Crippen molar-refractivity contribution in [2.75, 3.05) is 18.0 Å². The molecule has 2 fully saturated rings. The summed E-state index contributed by atoms with van der Waals surface area (Å²) in [6, 6.07) is 7.82. The van der Waals surface area contributed by atoms with Crippen LogP contribution >= 0.6 is 0 Å². The molecular formula is C19H22N2O3. The molecular weight excluding hydrogens is 304 g/mol. The zero-order valence-electron chi connectivity index (χ0n) is 13.8. The number of carbonyl (C=O) groups is 3. The van der Waals surface area contributed by atoms with Gasteiger partial charge in [0.25, 0.3) is 0 Å². The third-order valence-corrected chi connectivity index (χ3v) is 5.78. The first-order valence-corrected chi connectivity index (χ1v) is 8.84. The van der Waals surface area contributed by atoms with Crippen LogP contribution in [-0.4, -0.2) is 35.7 Å². The SMILES string of the molecule is O=C1CC2(CCCCC2)C(=O)N1CC(=O)N1CCc2ccccc21. The Morgan fingerprint density at radius 3 is 2.62 bits per heavy atom. The van der Waals surface area contributed by atoms with Gasteiger partial charge >= 0.3 is 0 Å². The second-order valence-corrected chi connectivity index (χ2v) is 7.23. The van der Waals surface area contributed by atoms with E-state index in [1.807, 2.05) is 24.3 Å². The van der Waals surface area contributed by atoms with Crippen LogP contribution in [0.3, 0.4) is 0 Å². The number of nitrogens with zero attached hydrogens (tertiary/aromatic N) is 2. The molecule has 0 atom stereocenters. The van der Waals surface area contributed by atoms with Crippen LogP contribution in [-0.2, 0) is 20.8 Å². The molecule has 0 bridgehead atoms. The van der Waals surface area contributed by atoms with Gasteiger partial charge in [0.2, 0.25) is 17.7 Å². The van der Waals surface area contributed by atoms with Gasteiger partial charge in [0.05, 0.1) is 5.41 Å². The minimum absolute atomic E-state index is 0.117. The molecule has 4 rings (SSSR count). The average molecular weight is 326 g/mol. The number of para-hydroxylation sites is 1. The van der Waals surface area contributed by atoms with Crippen molar-refractivity contribution in [3.05, 3.63) is 29.8 Å². The van der Waals surface area contributed by atoms with Crippen LogP contribution in [0.25, 0.3) is 0 Å². The molecule has 2 heterocycles. The fourth-order valence-corrected chi connectivity index (χ4v) is 4.46. The van der Waals surface area contributed by atoms with Gasteiger partial charge in [-0.15, -0.1) is 0 Å². The molecule has 0 radical (unpaired) electrons. The normalized spacial score (nSPS) is 22.3. The van der Waals surface area contributed by atoms with Crippen molar-refractivity contribution in [2.24, 2.45) is 5.41 Å². The third kappa shape index (κ3) is 2.34. The van der Waals surface area contributed by atoms with Gasteiger partial charge in [-0.1, -0.05) is 37.5 Å². The van der Waals surface area contributed by atoms with E-state index in [9.17, 15) is 14.4 Å². The van der Waals surface area contributed by atoms with Gasteiger partial charge in [-0.3, -0.25) is 19.3 Å². The van der Waals surface area contributed by atoms with E-state index in [0.29, 0.717) is 6.54 Å². The van der Waals surface area contributed by atoms with Gasteiger partial charge in [0, 0.05) is 18.7 Å². The Bertz CT molecular complexity index is 706. The highest BCUT2D eigenvalue weighted by Gasteiger charge is 2.52. The molecule has 3 amide bonds. The van der Waals surface area contributed by atoms with Crippen LogP contribution in [0.2, 0.25) is 0 Å². The molecule has 5 nitrogen and oxygen atoms in total. The number of carbonyl (C=O) groups excluding carboxylic acids is 3. The van der Waals surface area contributed by atoms with Crippen molar-refractivity contribution in [3.8, 4) is 0 Å². The van der Waals surface area contributed by atoms with Crippen LogP contribution in [0.15, 0.2) is 24.3 Å². The minimum atomic E-state index is -0.515. The largest absolute Gasteiger partial charge is 0.310 e. The summed E-state index contributed by atoms with van der Waals surface area (Å²) in [6.45, 7) is 0.507. The lowest BCUT2D eigenvalue weighted by Gasteiger charge is -2.30. The average Bonchev–Trinajstić information content (AvgIpc) is 3.11. The van der Waals surface area contributed by atoms with Crippen molar-refractivity contribution in [1.29, 1.82) is 0 Å². The number of amides is 3. The predicted octanol–water partition coefficient (Wildman–Crippen LogP) is 2.29. The molecule has 1 spiro atoms. The summed E-state index contributed by atoms with van der Waals surface area (Å²) < 4.78 is 0. The number of rotatable bonds is 2. The van der Waals surface area contributed by atoms with Crippen molar-refractivity contribution in [3.63, 3.8) is 0 Å². The summed E-state index contributed by atoms with van der Waals surface area (Å²) >= 11 is 0. The van der Waals surface area contributed by atoms with E-state index < -0.39 is 5.41 Å². The maximum Gasteiger partial charge on any atom is 0.247 e. The van der Waals surface area contributed by atoms with Crippen molar-refractivity contribution in [2.45, 2.75) is 44.9 Å². The zero-order chi connectivity index (χ0) is 16.7. The summed E-state index contributed by atoms with van der Waals surface area (Å²) in [5.74, 6) is -0.453. The van der Waals surface area contributed by atoms with Crippen molar-refractivity contribution < 1.29 is 14.4 Å². The summed E-state index contributed by atoms with van der Waals surface area (Å²) in [4.78, 5) is 40.8. The fourth-order valence-electron chi connectivity index (χ4n) is 4.46.